The van der Waals surface area contributed by atoms with E-state index in [4.69, 9.17) is 0 Å². The smallest absolute Gasteiger partial charge is 0.315 e. The maximum absolute atomic E-state index is 11.9. The molecule has 2 aliphatic rings. The largest absolute Gasteiger partial charge is 0.332 e. The monoisotopic (exact) mass is 355 g/mol. The van der Waals surface area contributed by atoms with Crippen molar-refractivity contribution in [2.75, 3.05) is 11.1 Å². The summed E-state index contributed by atoms with van der Waals surface area (Å²) in [5, 5.41) is 18.6. The minimum atomic E-state index is -0.0480. The van der Waals surface area contributed by atoms with Crippen LogP contribution in [0.1, 0.15) is 37.6 Å². The third-order valence-corrected chi connectivity index (χ3v) is 6.59. The molecule has 0 radical (unpaired) electrons. The molecule has 7 nitrogen and oxygen atoms in total. The van der Waals surface area contributed by atoms with Crippen molar-refractivity contribution in [1.82, 2.24) is 20.8 Å². The molecule has 126 valence electrons. The molecule has 0 spiro atoms. The summed E-state index contributed by atoms with van der Waals surface area (Å²) in [6.45, 7) is 2.01. The summed E-state index contributed by atoms with van der Waals surface area (Å²) in [4.78, 5) is 23.2. The lowest BCUT2D eigenvalue weighted by Crippen LogP contribution is -2.36. The van der Waals surface area contributed by atoms with Crippen LogP contribution in [0.2, 0.25) is 0 Å². The van der Waals surface area contributed by atoms with Crippen molar-refractivity contribution in [3.8, 4) is 0 Å². The first-order valence-electron chi connectivity index (χ1n) is 7.96. The third-order valence-electron chi connectivity index (χ3n) is 4.10. The second-order valence-electron chi connectivity index (χ2n) is 5.77. The quantitative estimate of drug-likeness (QED) is 0.512. The molecule has 0 saturated carbocycles. The van der Waals surface area contributed by atoms with Crippen LogP contribution < -0.4 is 16.0 Å². The minimum absolute atomic E-state index is 0.00316. The highest BCUT2D eigenvalue weighted by molar-refractivity contribution is 8.00. The molecule has 3 rings (SSSR count). The molecule has 2 saturated heterocycles. The first-order valence-corrected chi connectivity index (χ1v) is 9.83. The van der Waals surface area contributed by atoms with Gasteiger partial charge in [0.1, 0.15) is 5.01 Å². The van der Waals surface area contributed by atoms with Gasteiger partial charge in [0, 0.05) is 17.4 Å². The average molecular weight is 355 g/mol. The molecule has 0 aromatic carbocycles. The summed E-state index contributed by atoms with van der Waals surface area (Å²) >= 11 is 3.34. The van der Waals surface area contributed by atoms with Gasteiger partial charge in [0.2, 0.25) is 11.0 Å². The lowest BCUT2D eigenvalue weighted by Gasteiger charge is -2.16. The Morgan fingerprint density at radius 3 is 3.00 bits per heavy atom. The lowest BCUT2D eigenvalue weighted by molar-refractivity contribution is -0.116. The summed E-state index contributed by atoms with van der Waals surface area (Å²) in [6.07, 6.45) is 4.19. The van der Waals surface area contributed by atoms with Crippen LogP contribution in [0.4, 0.5) is 9.93 Å². The van der Waals surface area contributed by atoms with Crippen LogP contribution in [0.15, 0.2) is 0 Å². The number of rotatable bonds is 7. The predicted molar refractivity (Wildman–Crippen MR) is 91.9 cm³/mol. The number of hydrogen-bond donors (Lipinski definition) is 3. The van der Waals surface area contributed by atoms with E-state index >= 15 is 0 Å². The number of aryl methyl sites for hydroxylation is 1. The minimum Gasteiger partial charge on any atom is -0.332 e. The van der Waals surface area contributed by atoms with Gasteiger partial charge in [-0.1, -0.05) is 24.7 Å². The molecule has 2 fully saturated rings. The van der Waals surface area contributed by atoms with Crippen molar-refractivity contribution in [2.45, 2.75) is 56.4 Å². The van der Waals surface area contributed by atoms with Crippen LogP contribution in [0, 0.1) is 0 Å². The topological polar surface area (TPSA) is 96.0 Å². The van der Waals surface area contributed by atoms with E-state index in [0.717, 1.165) is 36.4 Å². The van der Waals surface area contributed by atoms with Gasteiger partial charge in [-0.25, -0.2) is 4.79 Å². The van der Waals surface area contributed by atoms with Crippen molar-refractivity contribution >= 4 is 40.2 Å². The average Bonchev–Trinajstić information content (AvgIpc) is 3.20. The van der Waals surface area contributed by atoms with E-state index in [2.05, 4.69) is 26.1 Å². The van der Waals surface area contributed by atoms with Gasteiger partial charge < -0.3 is 16.0 Å². The fraction of sp³-hybridized carbons (Fsp3) is 0.714. The van der Waals surface area contributed by atoms with Gasteiger partial charge in [-0.15, -0.1) is 10.2 Å². The summed E-state index contributed by atoms with van der Waals surface area (Å²) < 4.78 is 0. The molecule has 9 heteroatoms. The number of carbonyl (C=O) groups is 2. The van der Waals surface area contributed by atoms with Crippen LogP contribution in [0.3, 0.4) is 0 Å². The summed E-state index contributed by atoms with van der Waals surface area (Å²) in [6, 6.07) is 0.467. The molecule has 3 amide bonds. The normalized spacial score (nSPS) is 25.8. The SMILES string of the molecule is CCc1nnc(NC(=O)CCCC[C@@H]2SC[C@@H]3NC(=O)N[C@@H]32)s1. The van der Waals surface area contributed by atoms with Gasteiger partial charge in [-0.2, -0.15) is 11.8 Å². The number of anilines is 1. The van der Waals surface area contributed by atoms with Crippen molar-refractivity contribution in [3.63, 3.8) is 0 Å². The number of thioether (sulfide) groups is 1. The van der Waals surface area contributed by atoms with E-state index < -0.39 is 0 Å². The Balaban J connectivity index is 1.33. The molecule has 1 aromatic heterocycles. The van der Waals surface area contributed by atoms with E-state index in [0.29, 0.717) is 16.8 Å². The number of nitrogens with one attached hydrogen (secondary N) is 3. The molecule has 3 heterocycles. The fourth-order valence-electron chi connectivity index (χ4n) is 2.90. The van der Waals surface area contributed by atoms with Gasteiger partial charge in [-0.05, 0) is 19.3 Å². The number of aromatic nitrogens is 2. The maximum Gasteiger partial charge on any atom is 0.315 e. The Morgan fingerprint density at radius 1 is 1.35 bits per heavy atom. The number of amides is 3. The maximum atomic E-state index is 11.9. The summed E-state index contributed by atoms with van der Waals surface area (Å²) in [5.41, 5.74) is 0. The number of unbranched alkanes of at least 4 members (excludes halogenated alkanes) is 1. The summed E-state index contributed by atoms with van der Waals surface area (Å²) in [5.74, 6) is 0.974. The fourth-order valence-corrected chi connectivity index (χ4v) is 5.14. The zero-order valence-corrected chi connectivity index (χ0v) is 14.6. The van der Waals surface area contributed by atoms with Crippen LogP contribution in [0.25, 0.3) is 0 Å². The number of fused-ring (bicyclic) bond motifs is 1. The van der Waals surface area contributed by atoms with Crippen molar-refractivity contribution in [3.05, 3.63) is 5.01 Å². The first kappa shape index (κ1) is 16.5. The Kier molecular flexibility index (Phi) is 5.37. The molecule has 0 aliphatic carbocycles. The number of hydrogen-bond acceptors (Lipinski definition) is 6. The second-order valence-corrected chi connectivity index (χ2v) is 8.10. The van der Waals surface area contributed by atoms with E-state index in [1.807, 2.05) is 18.7 Å². The molecule has 0 bridgehead atoms. The second kappa shape index (κ2) is 7.48. The predicted octanol–water partition coefficient (Wildman–Crippen LogP) is 1.76. The van der Waals surface area contributed by atoms with Gasteiger partial charge >= 0.3 is 6.03 Å². The Bertz CT molecular complexity index is 579. The Labute approximate surface area is 143 Å². The highest BCUT2D eigenvalue weighted by atomic mass is 32.2. The van der Waals surface area contributed by atoms with E-state index in [9.17, 15) is 9.59 Å². The first-order chi connectivity index (χ1) is 11.2. The molecular formula is C14H21N5O2S2. The Hall–Kier alpha value is -1.35. The Morgan fingerprint density at radius 2 is 2.22 bits per heavy atom. The van der Waals surface area contributed by atoms with Crippen LogP contribution in [-0.4, -0.2) is 45.2 Å². The van der Waals surface area contributed by atoms with Crippen molar-refractivity contribution in [2.24, 2.45) is 0 Å². The summed E-state index contributed by atoms with van der Waals surface area (Å²) in [7, 11) is 0. The molecule has 3 atom stereocenters. The zero-order chi connectivity index (χ0) is 16.2. The highest BCUT2D eigenvalue weighted by Crippen LogP contribution is 2.33. The number of nitrogens with zero attached hydrogens (tertiary/aromatic N) is 2. The van der Waals surface area contributed by atoms with Crippen LogP contribution in [-0.2, 0) is 11.2 Å². The standard InChI is InChI=1S/C14H21N5O2S2/c1-2-11-18-19-14(23-11)16-10(20)6-4-3-5-9-12-8(7-22-9)15-13(21)17-12/h8-9,12H,2-7H2,1H3,(H2,15,17,21)(H,16,19,20)/t8-,9-,12-/m0/s1. The molecule has 2 aliphatic heterocycles. The van der Waals surface area contributed by atoms with Gasteiger partial charge in [0.05, 0.1) is 12.1 Å². The van der Waals surface area contributed by atoms with Crippen LogP contribution >= 0.6 is 23.1 Å². The van der Waals surface area contributed by atoms with Gasteiger partial charge in [0.15, 0.2) is 0 Å². The lowest BCUT2D eigenvalue weighted by atomic mass is 10.0. The third kappa shape index (κ3) is 4.14. The van der Waals surface area contributed by atoms with Gasteiger partial charge in [-0.3, -0.25) is 4.79 Å². The molecule has 3 N–H and O–H groups in total. The van der Waals surface area contributed by atoms with Crippen LogP contribution in [0.5, 0.6) is 0 Å². The molecule has 23 heavy (non-hydrogen) atoms. The highest BCUT2D eigenvalue weighted by Gasteiger charge is 2.42. The number of urea groups is 1. The zero-order valence-electron chi connectivity index (χ0n) is 13.0. The van der Waals surface area contributed by atoms with Gasteiger partial charge in [0.25, 0.3) is 0 Å². The van der Waals surface area contributed by atoms with E-state index in [1.165, 1.54) is 11.3 Å². The molecule has 1 aromatic rings. The van der Waals surface area contributed by atoms with E-state index in [1.54, 1.807) is 0 Å². The molecular weight excluding hydrogens is 334 g/mol. The van der Waals surface area contributed by atoms with Crippen molar-refractivity contribution in [1.29, 1.82) is 0 Å². The number of carbonyl (C=O) groups excluding carboxylic acids is 2. The van der Waals surface area contributed by atoms with E-state index in [-0.39, 0.29) is 24.0 Å². The molecule has 0 unspecified atom stereocenters. The van der Waals surface area contributed by atoms with Crippen molar-refractivity contribution < 1.29 is 9.59 Å².